The van der Waals surface area contributed by atoms with E-state index in [1.165, 1.54) is 0 Å². The molecule has 2 atom stereocenters. The topological polar surface area (TPSA) is 55.4 Å². The van der Waals surface area contributed by atoms with Crippen LogP contribution in [0, 0.1) is 17.5 Å². The van der Waals surface area contributed by atoms with Gasteiger partial charge in [0.15, 0.2) is 9.84 Å². The molecule has 4 aromatic carbocycles. The van der Waals surface area contributed by atoms with E-state index in [4.69, 9.17) is 0 Å². The van der Waals surface area contributed by atoms with Crippen molar-refractivity contribution >= 4 is 9.84 Å². The Kier molecular flexibility index (Phi) is 9.74. The SMILES string of the molecule is O=S(=O)(c1ccc(F)cc1)C1(c2ccc(C(OCc3c(F)cccc3F)(C(F)(F)F)C(F)(F)F)cc2)CCC(NCc2ccccc2)C1. The van der Waals surface area contributed by atoms with Crippen LogP contribution in [0.25, 0.3) is 0 Å². The Morgan fingerprint density at radius 1 is 0.750 bits per heavy atom. The molecule has 0 saturated heterocycles. The summed E-state index contributed by atoms with van der Waals surface area (Å²) >= 11 is 0. The number of nitrogens with one attached hydrogen (secondary N) is 1. The maximum absolute atomic E-state index is 14.5. The molecule has 4 aromatic rings. The molecule has 1 aliphatic carbocycles. The molecule has 0 radical (unpaired) electrons. The van der Waals surface area contributed by atoms with E-state index < -0.39 is 73.8 Å². The smallest absolute Gasteiger partial charge is 0.349 e. The molecule has 2 unspecified atom stereocenters. The molecule has 0 aromatic heterocycles. The van der Waals surface area contributed by atoms with Crippen molar-refractivity contribution in [2.75, 3.05) is 0 Å². The van der Waals surface area contributed by atoms with Crippen LogP contribution in [-0.4, -0.2) is 26.8 Å². The quantitative estimate of drug-likeness (QED) is 0.133. The van der Waals surface area contributed by atoms with Gasteiger partial charge in [0, 0.05) is 23.7 Å². The number of rotatable bonds is 10. The van der Waals surface area contributed by atoms with Crippen LogP contribution in [0.4, 0.5) is 39.5 Å². The first-order valence-electron chi connectivity index (χ1n) is 14.6. The normalized spacial score (nSPS) is 19.1. The average molecular weight is 702 g/mol. The van der Waals surface area contributed by atoms with Crippen molar-refractivity contribution < 1.29 is 52.7 Å². The number of hydrogen-bond acceptors (Lipinski definition) is 4. The number of ether oxygens (including phenoxy) is 1. The van der Waals surface area contributed by atoms with Gasteiger partial charge in [0.2, 0.25) is 0 Å². The van der Waals surface area contributed by atoms with Crippen LogP contribution in [0.15, 0.2) is 102 Å². The van der Waals surface area contributed by atoms with Crippen molar-refractivity contribution in [3.8, 4) is 0 Å². The third kappa shape index (κ3) is 6.45. The summed E-state index contributed by atoms with van der Waals surface area (Å²) in [5.74, 6) is -3.53. The lowest BCUT2D eigenvalue weighted by Gasteiger charge is -2.38. The van der Waals surface area contributed by atoms with Gasteiger partial charge in [0.25, 0.3) is 5.60 Å². The molecule has 4 nitrogen and oxygen atoms in total. The minimum Gasteiger partial charge on any atom is -0.349 e. The summed E-state index contributed by atoms with van der Waals surface area (Å²) in [4.78, 5) is -0.285. The monoisotopic (exact) mass is 701 g/mol. The Morgan fingerprint density at radius 2 is 1.33 bits per heavy atom. The summed E-state index contributed by atoms with van der Waals surface area (Å²) < 4.78 is 160. The van der Waals surface area contributed by atoms with Gasteiger partial charge in [0.1, 0.15) is 22.2 Å². The van der Waals surface area contributed by atoms with Crippen molar-refractivity contribution in [1.29, 1.82) is 0 Å². The van der Waals surface area contributed by atoms with Crippen molar-refractivity contribution in [1.82, 2.24) is 5.32 Å². The van der Waals surface area contributed by atoms with E-state index in [1.807, 2.05) is 30.3 Å². The second-order valence-electron chi connectivity index (χ2n) is 11.5. The maximum atomic E-state index is 14.5. The molecule has 14 heteroatoms. The molecule has 0 heterocycles. The predicted molar refractivity (Wildman–Crippen MR) is 158 cm³/mol. The van der Waals surface area contributed by atoms with Crippen LogP contribution in [0.1, 0.15) is 41.5 Å². The fourth-order valence-corrected chi connectivity index (χ4v) is 8.34. The maximum Gasteiger partial charge on any atom is 0.430 e. The summed E-state index contributed by atoms with van der Waals surface area (Å²) in [6.07, 6.45) is -12.2. The van der Waals surface area contributed by atoms with E-state index >= 15 is 0 Å². The molecular weight excluding hydrogens is 673 g/mol. The van der Waals surface area contributed by atoms with Gasteiger partial charge in [-0.1, -0.05) is 60.7 Å². The number of halogens is 9. The molecule has 0 spiro atoms. The number of sulfone groups is 1. The van der Waals surface area contributed by atoms with Crippen molar-refractivity contribution in [2.45, 2.75) is 66.1 Å². The van der Waals surface area contributed by atoms with E-state index in [1.54, 1.807) is 0 Å². The number of alkyl halides is 6. The van der Waals surface area contributed by atoms with Gasteiger partial charge < -0.3 is 10.1 Å². The van der Waals surface area contributed by atoms with Gasteiger partial charge in [-0.2, -0.15) is 26.3 Å². The highest BCUT2D eigenvalue weighted by Gasteiger charge is 2.73. The largest absolute Gasteiger partial charge is 0.430 e. The molecule has 5 rings (SSSR count). The molecule has 0 bridgehead atoms. The minimum atomic E-state index is -6.17. The Hall–Kier alpha value is -3.88. The summed E-state index contributed by atoms with van der Waals surface area (Å²) in [7, 11) is -4.41. The van der Waals surface area contributed by atoms with Gasteiger partial charge in [-0.15, -0.1) is 0 Å². The van der Waals surface area contributed by atoms with Crippen LogP contribution >= 0.6 is 0 Å². The first kappa shape index (κ1) is 35.4. The van der Waals surface area contributed by atoms with E-state index in [0.29, 0.717) is 30.8 Å². The van der Waals surface area contributed by atoms with Crippen LogP contribution < -0.4 is 5.32 Å². The molecule has 0 aliphatic heterocycles. The molecule has 1 aliphatic rings. The van der Waals surface area contributed by atoms with E-state index in [-0.39, 0.29) is 29.7 Å². The summed E-state index contributed by atoms with van der Waals surface area (Å²) in [6.45, 7) is -1.37. The summed E-state index contributed by atoms with van der Waals surface area (Å²) in [6, 6.07) is 17.5. The standard InChI is InChI=1S/C34H28F9NO3S/c35-25-13-15-27(16-14-25)48(45,46)31(18-17-26(19-31)44-20-22-5-2-1-3-6-22)23-9-11-24(12-10-23)32(33(38,39)40,34(41,42)43)47-21-28-29(36)7-4-8-30(28)37/h1-16,26,44H,17-21H2. The van der Waals surface area contributed by atoms with Crippen LogP contribution in [-0.2, 0) is 38.1 Å². The molecule has 1 fully saturated rings. The number of benzene rings is 4. The first-order valence-corrected chi connectivity index (χ1v) is 16.1. The van der Waals surface area contributed by atoms with E-state index in [0.717, 1.165) is 48.0 Å². The highest BCUT2D eigenvalue weighted by molar-refractivity contribution is 7.92. The summed E-state index contributed by atoms with van der Waals surface area (Å²) in [5, 5.41) is 3.27. The fraction of sp³-hybridized carbons (Fsp3) is 0.294. The summed E-state index contributed by atoms with van der Waals surface area (Å²) in [5.41, 5.74) is -6.86. The number of hydrogen-bond donors (Lipinski definition) is 1. The molecule has 0 amide bonds. The second kappa shape index (κ2) is 13.2. The Morgan fingerprint density at radius 3 is 1.90 bits per heavy atom. The van der Waals surface area contributed by atoms with Gasteiger partial charge in [-0.3, -0.25) is 0 Å². The fourth-order valence-electron chi connectivity index (χ4n) is 6.14. The van der Waals surface area contributed by atoms with E-state index in [2.05, 4.69) is 10.1 Å². The van der Waals surface area contributed by atoms with Crippen LogP contribution in [0.5, 0.6) is 0 Å². The lowest BCUT2D eigenvalue weighted by atomic mass is 9.88. The lowest BCUT2D eigenvalue weighted by Crippen LogP contribution is -2.56. The Balaban J connectivity index is 1.57. The Bertz CT molecular complexity index is 1800. The van der Waals surface area contributed by atoms with Crippen molar-refractivity contribution in [3.05, 3.63) is 137 Å². The predicted octanol–water partition coefficient (Wildman–Crippen LogP) is 8.65. The van der Waals surface area contributed by atoms with Gasteiger partial charge >= 0.3 is 12.4 Å². The van der Waals surface area contributed by atoms with Gasteiger partial charge in [-0.05, 0) is 66.8 Å². The first-order chi connectivity index (χ1) is 22.5. The second-order valence-corrected chi connectivity index (χ2v) is 13.8. The minimum absolute atomic E-state index is 0.0642. The van der Waals surface area contributed by atoms with Gasteiger partial charge in [0.05, 0.1) is 11.5 Å². The lowest BCUT2D eigenvalue weighted by molar-refractivity contribution is -0.392. The molecule has 48 heavy (non-hydrogen) atoms. The van der Waals surface area contributed by atoms with Crippen LogP contribution in [0.3, 0.4) is 0 Å². The zero-order chi connectivity index (χ0) is 35.0. The zero-order valence-corrected chi connectivity index (χ0v) is 25.7. The highest BCUT2D eigenvalue weighted by atomic mass is 32.2. The zero-order valence-electron chi connectivity index (χ0n) is 24.9. The molecule has 256 valence electrons. The molecule has 1 saturated carbocycles. The third-order valence-electron chi connectivity index (χ3n) is 8.66. The third-order valence-corrected chi connectivity index (χ3v) is 11.2. The molecular formula is C34H28F9NO3S. The molecule has 1 N–H and O–H groups in total. The highest BCUT2D eigenvalue weighted by Crippen LogP contribution is 2.55. The Labute approximate surface area is 270 Å². The van der Waals surface area contributed by atoms with Crippen molar-refractivity contribution in [3.63, 3.8) is 0 Å². The van der Waals surface area contributed by atoms with Crippen molar-refractivity contribution in [2.24, 2.45) is 0 Å². The van der Waals surface area contributed by atoms with Crippen LogP contribution in [0.2, 0.25) is 0 Å². The van der Waals surface area contributed by atoms with Gasteiger partial charge in [-0.25, -0.2) is 21.6 Å². The average Bonchev–Trinajstić information content (AvgIpc) is 3.47. The van der Waals surface area contributed by atoms with E-state index in [9.17, 15) is 47.9 Å².